The van der Waals surface area contributed by atoms with Gasteiger partial charge in [-0.2, -0.15) is 5.57 Å². The molecule has 5 heteroatoms. The molecule has 0 N–H and O–H groups in total. The van der Waals surface area contributed by atoms with Crippen molar-refractivity contribution in [2.75, 3.05) is 0 Å². The van der Waals surface area contributed by atoms with Crippen LogP contribution in [0, 0.1) is 19.9 Å². The van der Waals surface area contributed by atoms with Gasteiger partial charge in [-0.3, -0.25) is 0 Å². The molecule has 0 fully saturated rings. The van der Waals surface area contributed by atoms with Crippen molar-refractivity contribution in [1.82, 2.24) is 0 Å². The molecular formula is C20H29Cl3SiTi. The van der Waals surface area contributed by atoms with E-state index in [2.05, 4.69) is 52.0 Å². The van der Waals surface area contributed by atoms with Gasteiger partial charge in [-0.25, -0.2) is 16.8 Å². The van der Waals surface area contributed by atoms with Crippen LogP contribution in [0.2, 0.25) is 0 Å². The molecule has 0 bridgehead atoms. The number of rotatable bonds is 7. The monoisotopic (exact) mass is 450 g/mol. The maximum atomic E-state index is 3.73. The van der Waals surface area contributed by atoms with E-state index in [0.717, 1.165) is 6.42 Å². The standard InChI is InChI=1S/C20H29Si.3ClH.Ti/c1-5-7-8-9-17-13-18(6-2)20(14-17)21-19-11-15(3)10-16(4)12-19;;;;/h10-12H,5-9,14,21H2,1-4H3;3*1H;/q-1;;;;+4/p-3. The average Bonchev–Trinajstić information content (AvgIpc) is 2.80. The van der Waals surface area contributed by atoms with Gasteiger partial charge in [-0.1, -0.05) is 86.9 Å². The zero-order valence-corrected chi connectivity index (χ0v) is 21.1. The van der Waals surface area contributed by atoms with E-state index in [1.165, 1.54) is 48.8 Å². The Labute approximate surface area is 190 Å². The Hall–Kier alpha value is 0.501. The van der Waals surface area contributed by atoms with Gasteiger partial charge in [0, 0.05) is 0 Å². The third kappa shape index (κ3) is 9.84. The second kappa shape index (κ2) is 15.5. The normalized spacial score (nSPS) is 12.9. The van der Waals surface area contributed by atoms with Crippen molar-refractivity contribution >= 4 is 14.7 Å². The topological polar surface area (TPSA) is 0 Å². The van der Waals surface area contributed by atoms with Gasteiger partial charge in [-0.05, 0) is 23.4 Å². The average molecular weight is 452 g/mol. The predicted molar refractivity (Wildman–Crippen MR) is 96.9 cm³/mol. The number of hydrogen-bond acceptors (Lipinski definition) is 0. The second-order valence-electron chi connectivity index (χ2n) is 6.47. The minimum Gasteiger partial charge on any atom is -1.00 e. The fourth-order valence-electron chi connectivity index (χ4n) is 3.37. The van der Waals surface area contributed by atoms with Crippen LogP contribution in [0.5, 0.6) is 0 Å². The Morgan fingerprint density at radius 1 is 0.960 bits per heavy atom. The van der Waals surface area contributed by atoms with Crippen molar-refractivity contribution in [2.24, 2.45) is 0 Å². The van der Waals surface area contributed by atoms with Crippen LogP contribution in [0.1, 0.15) is 63.5 Å². The SMILES string of the molecule is CCCCCC1=[C-]C(CC)=C([SiH2]c2cc(C)cc(C)c2)C1.[Cl-].[Cl-].[Cl-].[Ti+4]. The largest absolute Gasteiger partial charge is 4.00 e. The van der Waals surface area contributed by atoms with Gasteiger partial charge < -0.3 is 37.2 Å². The Kier molecular flexibility index (Phi) is 18.8. The molecule has 0 saturated heterocycles. The maximum Gasteiger partial charge on any atom is 4.00 e. The summed E-state index contributed by atoms with van der Waals surface area (Å²) in [5.41, 5.74) is 5.93. The first-order valence-corrected chi connectivity index (χ1v) is 9.93. The molecule has 25 heavy (non-hydrogen) atoms. The van der Waals surface area contributed by atoms with E-state index in [-0.39, 0.29) is 68.5 Å². The molecule has 1 aromatic carbocycles. The molecule has 0 aliphatic heterocycles. The van der Waals surface area contributed by atoms with Crippen LogP contribution in [0.25, 0.3) is 0 Å². The molecule has 138 valence electrons. The fourth-order valence-corrected chi connectivity index (χ4v) is 5.69. The van der Waals surface area contributed by atoms with E-state index in [1.54, 1.807) is 16.0 Å². The summed E-state index contributed by atoms with van der Waals surface area (Å²) in [5.74, 6) is 0. The summed E-state index contributed by atoms with van der Waals surface area (Å²) < 4.78 is 0. The van der Waals surface area contributed by atoms with Crippen molar-refractivity contribution in [1.29, 1.82) is 0 Å². The molecule has 0 amide bonds. The number of allylic oxidation sites excluding steroid dienone is 4. The molecule has 0 spiro atoms. The Morgan fingerprint density at radius 3 is 2.08 bits per heavy atom. The Morgan fingerprint density at radius 2 is 1.56 bits per heavy atom. The molecular weight excluding hydrogens is 423 g/mol. The van der Waals surface area contributed by atoms with Crippen LogP contribution in [0.4, 0.5) is 0 Å². The van der Waals surface area contributed by atoms with Crippen LogP contribution in [0.15, 0.2) is 34.5 Å². The molecule has 0 unspecified atom stereocenters. The summed E-state index contributed by atoms with van der Waals surface area (Å²) in [5, 5.41) is 3.35. The number of unbranched alkanes of at least 4 members (excludes halogenated alkanes) is 2. The molecule has 0 heterocycles. The summed E-state index contributed by atoms with van der Waals surface area (Å²) >= 11 is 0. The van der Waals surface area contributed by atoms with Gasteiger partial charge in [0.15, 0.2) is 0 Å². The molecule has 1 aromatic rings. The van der Waals surface area contributed by atoms with Gasteiger partial charge in [-0.15, -0.1) is 0 Å². The van der Waals surface area contributed by atoms with Gasteiger partial charge in [0.1, 0.15) is 0 Å². The quantitative estimate of drug-likeness (QED) is 0.223. The summed E-state index contributed by atoms with van der Waals surface area (Å²) in [7, 11) is -0.300. The third-order valence-electron chi connectivity index (χ3n) is 4.32. The Balaban J connectivity index is -0.00000121. The molecule has 1 aliphatic carbocycles. The van der Waals surface area contributed by atoms with Crippen molar-refractivity contribution < 1.29 is 58.9 Å². The summed E-state index contributed by atoms with van der Waals surface area (Å²) in [6.07, 6.45) is 11.4. The molecule has 1 aliphatic rings. The fraction of sp³-hybridized carbons (Fsp3) is 0.500. The van der Waals surface area contributed by atoms with E-state index in [1.807, 2.05) is 0 Å². The number of hydrogen-bond donors (Lipinski definition) is 0. The van der Waals surface area contributed by atoms with Crippen LogP contribution in [0.3, 0.4) is 0 Å². The molecule has 0 saturated carbocycles. The molecule has 0 nitrogen and oxygen atoms in total. The molecule has 0 aromatic heterocycles. The predicted octanol–water partition coefficient (Wildman–Crippen LogP) is -4.52. The number of benzene rings is 1. The zero-order chi connectivity index (χ0) is 15.2. The van der Waals surface area contributed by atoms with Crippen molar-refractivity contribution in [3.63, 3.8) is 0 Å². The Bertz CT molecular complexity index is 548. The van der Waals surface area contributed by atoms with Crippen LogP contribution in [-0.2, 0) is 21.7 Å². The third-order valence-corrected chi connectivity index (χ3v) is 6.24. The molecule has 0 atom stereocenters. The summed E-state index contributed by atoms with van der Waals surface area (Å²) in [6, 6.07) is 7.07. The first kappa shape index (κ1) is 30.2. The molecule has 2 rings (SSSR count). The van der Waals surface area contributed by atoms with E-state index in [4.69, 9.17) is 0 Å². The first-order chi connectivity index (χ1) is 10.1. The maximum absolute atomic E-state index is 3.73. The summed E-state index contributed by atoms with van der Waals surface area (Å²) in [4.78, 5) is 0. The second-order valence-corrected chi connectivity index (χ2v) is 8.49. The van der Waals surface area contributed by atoms with E-state index in [9.17, 15) is 0 Å². The van der Waals surface area contributed by atoms with Gasteiger partial charge in [0.05, 0.1) is 0 Å². The van der Waals surface area contributed by atoms with Crippen molar-refractivity contribution in [2.45, 2.75) is 66.2 Å². The van der Waals surface area contributed by atoms with Crippen molar-refractivity contribution in [3.8, 4) is 0 Å². The van der Waals surface area contributed by atoms with Gasteiger partial charge in [0.25, 0.3) is 0 Å². The minimum atomic E-state index is -0.300. The van der Waals surface area contributed by atoms with Crippen LogP contribution in [-0.4, -0.2) is 9.52 Å². The van der Waals surface area contributed by atoms with Gasteiger partial charge in [0.2, 0.25) is 0 Å². The smallest absolute Gasteiger partial charge is 1.00 e. The van der Waals surface area contributed by atoms with E-state index >= 15 is 0 Å². The van der Waals surface area contributed by atoms with Gasteiger partial charge >= 0.3 is 21.7 Å². The number of aryl methyl sites for hydroxylation is 2. The first-order valence-electron chi connectivity index (χ1n) is 8.52. The van der Waals surface area contributed by atoms with Crippen LogP contribution >= 0.6 is 0 Å². The zero-order valence-electron chi connectivity index (χ0n) is 15.8. The molecule has 0 radical (unpaired) electrons. The van der Waals surface area contributed by atoms with E-state index in [0.29, 0.717) is 0 Å². The van der Waals surface area contributed by atoms with Crippen LogP contribution < -0.4 is 42.4 Å². The van der Waals surface area contributed by atoms with Crippen molar-refractivity contribution in [3.05, 3.63) is 51.7 Å². The summed E-state index contributed by atoms with van der Waals surface area (Å²) in [6.45, 7) is 9.00. The number of halogens is 3. The van der Waals surface area contributed by atoms with E-state index < -0.39 is 0 Å². The minimum absolute atomic E-state index is 0.